The first-order chi connectivity index (χ1) is 5.89. The van der Waals surface area contributed by atoms with Crippen LogP contribution in [0, 0.1) is 5.92 Å². The third-order valence-corrected chi connectivity index (χ3v) is 2.55. The van der Waals surface area contributed by atoms with Gasteiger partial charge in [0.05, 0.1) is 0 Å². The number of carbonyl (C=O) groups excluding carboxylic acids is 1. The molecule has 13 heavy (non-hydrogen) atoms. The molecular weight excluding hydrogens is 283 g/mol. The molecule has 0 N–H and O–H groups in total. The Hall–Kier alpha value is 0. The third kappa shape index (κ3) is 3.70. The summed E-state index contributed by atoms with van der Waals surface area (Å²) < 4.78 is 9.68. The van der Waals surface area contributed by atoms with Crippen molar-refractivity contribution >= 4 is 28.7 Å². The standard InChI is InChI=1S/C9H15IO3/c1-6(2)4-7-5-9(3,10)13-8(11)12-7/h6-7H,4-5H2,1-3H3. The minimum Gasteiger partial charge on any atom is -0.431 e. The fourth-order valence-electron chi connectivity index (χ4n) is 1.48. The lowest BCUT2D eigenvalue weighted by Crippen LogP contribution is -2.39. The Kier molecular flexibility index (Phi) is 3.43. The molecule has 76 valence electrons. The zero-order valence-corrected chi connectivity index (χ0v) is 10.3. The third-order valence-electron chi connectivity index (χ3n) is 1.89. The fraction of sp³-hybridized carbons (Fsp3) is 0.889. The summed E-state index contributed by atoms with van der Waals surface area (Å²) in [5.41, 5.74) is 0. The first kappa shape index (κ1) is 11.1. The molecule has 0 spiro atoms. The van der Waals surface area contributed by atoms with Gasteiger partial charge in [-0.1, -0.05) is 13.8 Å². The molecule has 1 rings (SSSR count). The number of carbonyl (C=O) groups is 1. The molecular formula is C9H15IO3. The SMILES string of the molecule is CC(C)CC1CC(C)(I)OC(=O)O1. The molecule has 0 aromatic carbocycles. The van der Waals surface area contributed by atoms with Crippen molar-refractivity contribution in [2.45, 2.75) is 43.3 Å². The van der Waals surface area contributed by atoms with E-state index in [2.05, 4.69) is 36.4 Å². The van der Waals surface area contributed by atoms with E-state index in [-0.39, 0.29) is 6.10 Å². The molecule has 1 fully saturated rings. The molecule has 4 heteroatoms. The number of halogens is 1. The Morgan fingerprint density at radius 2 is 2.31 bits per heavy atom. The van der Waals surface area contributed by atoms with E-state index in [1.807, 2.05) is 6.92 Å². The summed E-state index contributed by atoms with van der Waals surface area (Å²) in [7, 11) is 0. The summed E-state index contributed by atoms with van der Waals surface area (Å²) in [5, 5.41) is 0. The van der Waals surface area contributed by atoms with E-state index in [9.17, 15) is 4.79 Å². The number of cyclic esters (lactones) is 2. The molecule has 1 heterocycles. The van der Waals surface area contributed by atoms with Gasteiger partial charge in [0, 0.05) is 6.42 Å². The summed E-state index contributed by atoms with van der Waals surface area (Å²) in [6.45, 7) is 6.14. The Balaban J connectivity index is 2.53. The highest BCUT2D eigenvalue weighted by Crippen LogP contribution is 2.33. The number of alkyl halides is 1. The van der Waals surface area contributed by atoms with Gasteiger partial charge in [0.2, 0.25) is 0 Å². The van der Waals surface area contributed by atoms with Crippen LogP contribution in [-0.2, 0) is 9.47 Å². The van der Waals surface area contributed by atoms with Crippen LogP contribution in [0.1, 0.15) is 33.6 Å². The molecule has 2 unspecified atom stereocenters. The number of ether oxygens (including phenoxy) is 2. The second-order valence-electron chi connectivity index (χ2n) is 4.03. The molecule has 0 amide bonds. The molecule has 0 saturated carbocycles. The van der Waals surface area contributed by atoms with E-state index >= 15 is 0 Å². The first-order valence-corrected chi connectivity index (χ1v) is 5.55. The Bertz CT molecular complexity index is 201. The minimum atomic E-state index is -0.534. The van der Waals surface area contributed by atoms with Gasteiger partial charge < -0.3 is 9.47 Å². The lowest BCUT2D eigenvalue weighted by atomic mass is 10.0. The molecule has 2 atom stereocenters. The average molecular weight is 298 g/mol. The van der Waals surface area contributed by atoms with Gasteiger partial charge in [-0.3, -0.25) is 0 Å². The van der Waals surface area contributed by atoms with Crippen molar-refractivity contribution in [3.63, 3.8) is 0 Å². The highest BCUT2D eigenvalue weighted by atomic mass is 127. The van der Waals surface area contributed by atoms with Crippen molar-refractivity contribution in [2.75, 3.05) is 0 Å². The quantitative estimate of drug-likeness (QED) is 0.446. The van der Waals surface area contributed by atoms with Gasteiger partial charge in [0.15, 0.2) is 3.61 Å². The maximum atomic E-state index is 11.0. The number of hydrogen-bond acceptors (Lipinski definition) is 3. The molecule has 1 aliphatic rings. The fourth-order valence-corrected chi connectivity index (χ4v) is 2.15. The molecule has 1 saturated heterocycles. The molecule has 0 aromatic heterocycles. The van der Waals surface area contributed by atoms with Crippen LogP contribution in [0.15, 0.2) is 0 Å². The van der Waals surface area contributed by atoms with Gasteiger partial charge >= 0.3 is 6.16 Å². The largest absolute Gasteiger partial charge is 0.509 e. The molecule has 3 nitrogen and oxygen atoms in total. The maximum absolute atomic E-state index is 11.0. The van der Waals surface area contributed by atoms with Gasteiger partial charge in [-0.15, -0.1) is 0 Å². The Morgan fingerprint density at radius 3 is 2.77 bits per heavy atom. The smallest absolute Gasteiger partial charge is 0.431 e. The van der Waals surface area contributed by atoms with Crippen LogP contribution in [0.25, 0.3) is 0 Å². The van der Waals surface area contributed by atoms with Gasteiger partial charge in [0.25, 0.3) is 0 Å². The summed E-state index contributed by atoms with van der Waals surface area (Å²) in [5.74, 6) is 0.545. The van der Waals surface area contributed by atoms with E-state index < -0.39 is 9.76 Å². The van der Waals surface area contributed by atoms with E-state index in [0.717, 1.165) is 12.8 Å². The molecule has 0 bridgehead atoms. The van der Waals surface area contributed by atoms with Crippen molar-refractivity contribution in [3.05, 3.63) is 0 Å². The monoisotopic (exact) mass is 298 g/mol. The van der Waals surface area contributed by atoms with Crippen molar-refractivity contribution in [2.24, 2.45) is 5.92 Å². The van der Waals surface area contributed by atoms with Gasteiger partial charge in [-0.25, -0.2) is 4.79 Å². The summed E-state index contributed by atoms with van der Waals surface area (Å²) in [4.78, 5) is 11.0. The topological polar surface area (TPSA) is 35.5 Å². The van der Waals surface area contributed by atoms with Crippen LogP contribution in [-0.4, -0.2) is 15.9 Å². The van der Waals surface area contributed by atoms with E-state index in [1.54, 1.807) is 0 Å². The normalized spacial score (nSPS) is 34.2. The maximum Gasteiger partial charge on any atom is 0.509 e. The van der Waals surface area contributed by atoms with Crippen LogP contribution >= 0.6 is 22.6 Å². The van der Waals surface area contributed by atoms with Crippen LogP contribution in [0.5, 0.6) is 0 Å². The van der Waals surface area contributed by atoms with Crippen LogP contribution in [0.4, 0.5) is 4.79 Å². The Morgan fingerprint density at radius 1 is 1.69 bits per heavy atom. The number of hydrogen-bond donors (Lipinski definition) is 0. The van der Waals surface area contributed by atoms with E-state index in [0.29, 0.717) is 5.92 Å². The highest BCUT2D eigenvalue weighted by molar-refractivity contribution is 14.1. The predicted molar refractivity (Wildman–Crippen MR) is 57.9 cm³/mol. The number of rotatable bonds is 2. The summed E-state index contributed by atoms with van der Waals surface area (Å²) >= 11 is 2.15. The minimum absolute atomic E-state index is 0.0168. The van der Waals surface area contributed by atoms with E-state index in [1.165, 1.54) is 0 Å². The van der Waals surface area contributed by atoms with Crippen LogP contribution in [0.2, 0.25) is 0 Å². The molecule has 1 aliphatic heterocycles. The second kappa shape index (κ2) is 4.02. The Labute approximate surface area is 92.3 Å². The highest BCUT2D eigenvalue weighted by Gasteiger charge is 2.37. The van der Waals surface area contributed by atoms with Gasteiger partial charge in [-0.2, -0.15) is 0 Å². The molecule has 0 aliphatic carbocycles. The second-order valence-corrected chi connectivity index (χ2v) is 6.31. The van der Waals surface area contributed by atoms with Gasteiger partial charge in [-0.05, 0) is 41.9 Å². The molecule has 0 radical (unpaired) electrons. The van der Waals surface area contributed by atoms with Crippen molar-refractivity contribution in [1.29, 1.82) is 0 Å². The van der Waals surface area contributed by atoms with Gasteiger partial charge in [0.1, 0.15) is 6.10 Å². The average Bonchev–Trinajstić information content (AvgIpc) is 1.78. The first-order valence-electron chi connectivity index (χ1n) is 4.47. The zero-order valence-electron chi connectivity index (χ0n) is 8.17. The van der Waals surface area contributed by atoms with Crippen LogP contribution in [0.3, 0.4) is 0 Å². The summed E-state index contributed by atoms with van der Waals surface area (Å²) in [6, 6.07) is 0. The molecule has 0 aromatic rings. The van der Waals surface area contributed by atoms with Crippen molar-refractivity contribution < 1.29 is 14.3 Å². The zero-order chi connectivity index (χ0) is 10.1. The van der Waals surface area contributed by atoms with Crippen molar-refractivity contribution in [1.82, 2.24) is 0 Å². The van der Waals surface area contributed by atoms with Crippen LogP contribution < -0.4 is 0 Å². The predicted octanol–water partition coefficient (Wildman–Crippen LogP) is 3.11. The van der Waals surface area contributed by atoms with Crippen molar-refractivity contribution in [3.8, 4) is 0 Å². The lowest BCUT2D eigenvalue weighted by Gasteiger charge is -2.33. The lowest BCUT2D eigenvalue weighted by molar-refractivity contribution is -0.0656. The summed E-state index contributed by atoms with van der Waals surface area (Å²) in [6.07, 6.45) is 1.17. The van der Waals surface area contributed by atoms with E-state index in [4.69, 9.17) is 9.47 Å².